The molecule has 5 aromatic rings. The molecule has 0 atom stereocenters. The minimum atomic E-state index is -0.585. The summed E-state index contributed by atoms with van der Waals surface area (Å²) in [5.41, 5.74) is 3.14. The molecule has 180 valence electrons. The first kappa shape index (κ1) is 23.8. The number of halogens is 1. The third-order valence-electron chi connectivity index (χ3n) is 6.33. The maximum atomic E-state index is 13.2. The van der Waals surface area contributed by atoms with Crippen molar-refractivity contribution in [3.05, 3.63) is 125 Å². The van der Waals surface area contributed by atoms with Gasteiger partial charge >= 0.3 is 0 Å². The number of nitrogens with zero attached hydrogens (tertiary/aromatic N) is 1. The van der Waals surface area contributed by atoms with Crippen LogP contribution in [-0.4, -0.2) is 5.91 Å². The summed E-state index contributed by atoms with van der Waals surface area (Å²) in [6.07, 6.45) is 1.55. The van der Waals surface area contributed by atoms with Gasteiger partial charge in [0.15, 0.2) is 0 Å². The maximum absolute atomic E-state index is 13.2. The Kier molecular flexibility index (Phi) is 6.65. The summed E-state index contributed by atoms with van der Waals surface area (Å²) in [6, 6.07) is 31.3. The van der Waals surface area contributed by atoms with Crippen LogP contribution in [-0.2, 0) is 11.4 Å². The molecule has 1 amide bonds. The number of nitriles is 1. The van der Waals surface area contributed by atoms with Crippen molar-refractivity contribution in [3.63, 3.8) is 0 Å². The van der Waals surface area contributed by atoms with Crippen LogP contribution in [0, 0.1) is 24.1 Å². The van der Waals surface area contributed by atoms with Crippen LogP contribution in [0.25, 0.3) is 27.6 Å². The van der Waals surface area contributed by atoms with Crippen LogP contribution in [0.4, 0.5) is 10.1 Å². The summed E-state index contributed by atoms with van der Waals surface area (Å²) in [5.74, 6) is -0.431. The van der Waals surface area contributed by atoms with Crippen LogP contribution in [0.5, 0.6) is 5.75 Å². The van der Waals surface area contributed by atoms with Crippen molar-refractivity contribution >= 4 is 39.2 Å². The van der Waals surface area contributed by atoms with E-state index in [1.54, 1.807) is 6.08 Å². The lowest BCUT2D eigenvalue weighted by Crippen LogP contribution is -2.13. The molecule has 0 saturated carbocycles. The van der Waals surface area contributed by atoms with Crippen LogP contribution in [0.15, 0.2) is 103 Å². The molecule has 5 aromatic carbocycles. The fourth-order valence-electron chi connectivity index (χ4n) is 4.36. The van der Waals surface area contributed by atoms with Gasteiger partial charge in [0.05, 0.1) is 0 Å². The molecule has 0 radical (unpaired) electrons. The normalized spacial score (nSPS) is 11.3. The molecule has 0 spiro atoms. The zero-order valence-electron chi connectivity index (χ0n) is 20.2. The van der Waals surface area contributed by atoms with Gasteiger partial charge in [0, 0.05) is 16.8 Å². The van der Waals surface area contributed by atoms with Crippen molar-refractivity contribution in [3.8, 4) is 11.8 Å². The highest BCUT2D eigenvalue weighted by Crippen LogP contribution is 2.32. The Morgan fingerprint density at radius 3 is 2.27 bits per heavy atom. The van der Waals surface area contributed by atoms with E-state index in [-0.39, 0.29) is 5.57 Å². The molecular formula is C32H23FN2O2. The number of hydrogen-bond acceptors (Lipinski definition) is 3. The predicted molar refractivity (Wildman–Crippen MR) is 146 cm³/mol. The smallest absolute Gasteiger partial charge is 0.266 e. The van der Waals surface area contributed by atoms with E-state index in [9.17, 15) is 14.4 Å². The Morgan fingerprint density at radius 1 is 0.892 bits per heavy atom. The quantitative estimate of drug-likeness (QED) is 0.199. The monoisotopic (exact) mass is 486 g/mol. The van der Waals surface area contributed by atoms with Crippen LogP contribution in [0.2, 0.25) is 0 Å². The van der Waals surface area contributed by atoms with Gasteiger partial charge < -0.3 is 10.1 Å². The van der Waals surface area contributed by atoms with E-state index in [1.807, 2.05) is 54.6 Å². The molecule has 0 aliphatic carbocycles. The van der Waals surface area contributed by atoms with Gasteiger partial charge in [-0.25, -0.2) is 4.39 Å². The summed E-state index contributed by atoms with van der Waals surface area (Å²) in [6.45, 7) is 2.38. The first-order valence-electron chi connectivity index (χ1n) is 11.8. The van der Waals surface area contributed by atoms with E-state index < -0.39 is 11.7 Å². The van der Waals surface area contributed by atoms with Crippen LogP contribution >= 0.6 is 0 Å². The third-order valence-corrected chi connectivity index (χ3v) is 6.33. The number of anilines is 1. The molecule has 5 rings (SSSR count). The molecule has 0 aromatic heterocycles. The highest BCUT2D eigenvalue weighted by atomic mass is 19.1. The van der Waals surface area contributed by atoms with Gasteiger partial charge in [-0.05, 0) is 70.4 Å². The number of rotatable bonds is 6. The predicted octanol–water partition coefficient (Wildman–Crippen LogP) is 7.57. The summed E-state index contributed by atoms with van der Waals surface area (Å²) in [4.78, 5) is 12.9. The van der Waals surface area contributed by atoms with Gasteiger partial charge in [-0.2, -0.15) is 5.26 Å². The molecule has 1 N–H and O–H groups in total. The Labute approximate surface area is 214 Å². The van der Waals surface area contributed by atoms with E-state index in [1.165, 1.54) is 24.3 Å². The summed E-state index contributed by atoms with van der Waals surface area (Å²) in [7, 11) is 0. The van der Waals surface area contributed by atoms with Crippen molar-refractivity contribution < 1.29 is 13.9 Å². The van der Waals surface area contributed by atoms with E-state index in [0.717, 1.165) is 32.7 Å². The number of aryl methyl sites for hydroxylation is 1. The zero-order chi connectivity index (χ0) is 25.8. The number of nitrogens with one attached hydrogen (secondary N) is 1. The number of hydrogen-bond donors (Lipinski definition) is 1. The maximum Gasteiger partial charge on any atom is 0.266 e. The Balaban J connectivity index is 1.53. The lowest BCUT2D eigenvalue weighted by molar-refractivity contribution is -0.112. The molecule has 0 aliphatic heterocycles. The van der Waals surface area contributed by atoms with Crippen LogP contribution < -0.4 is 10.1 Å². The van der Waals surface area contributed by atoms with Gasteiger partial charge in [-0.15, -0.1) is 0 Å². The van der Waals surface area contributed by atoms with E-state index >= 15 is 0 Å². The number of fused-ring (bicyclic) bond motifs is 2. The second-order valence-corrected chi connectivity index (χ2v) is 8.70. The van der Waals surface area contributed by atoms with E-state index in [2.05, 4.69) is 36.5 Å². The Bertz CT molecular complexity index is 1700. The molecule has 0 bridgehead atoms. The van der Waals surface area contributed by atoms with E-state index in [0.29, 0.717) is 23.6 Å². The zero-order valence-corrected chi connectivity index (χ0v) is 20.2. The van der Waals surface area contributed by atoms with Gasteiger partial charge in [0.25, 0.3) is 5.91 Å². The van der Waals surface area contributed by atoms with Crippen molar-refractivity contribution in [1.82, 2.24) is 0 Å². The fraction of sp³-hybridized carbons (Fsp3) is 0.0625. The second-order valence-electron chi connectivity index (χ2n) is 8.70. The fourth-order valence-corrected chi connectivity index (χ4v) is 4.36. The largest absolute Gasteiger partial charge is 0.488 e. The number of amides is 1. The molecule has 0 fully saturated rings. The molecule has 0 aliphatic rings. The first-order chi connectivity index (χ1) is 18.0. The average molecular weight is 487 g/mol. The van der Waals surface area contributed by atoms with Crippen molar-refractivity contribution in [2.24, 2.45) is 0 Å². The number of ether oxygens (including phenoxy) is 1. The molecule has 4 nitrogen and oxygen atoms in total. The highest BCUT2D eigenvalue weighted by molar-refractivity contribution is 6.11. The number of benzene rings is 5. The number of carbonyl (C=O) groups excluding carboxylic acids is 1. The van der Waals surface area contributed by atoms with Gasteiger partial charge in [-0.3, -0.25) is 4.79 Å². The topological polar surface area (TPSA) is 62.1 Å². The van der Waals surface area contributed by atoms with Crippen LogP contribution in [0.3, 0.4) is 0 Å². The minimum Gasteiger partial charge on any atom is -0.488 e. The summed E-state index contributed by atoms with van der Waals surface area (Å²) in [5, 5.41) is 16.6. The highest BCUT2D eigenvalue weighted by Gasteiger charge is 2.15. The van der Waals surface area contributed by atoms with Crippen molar-refractivity contribution in [2.45, 2.75) is 13.5 Å². The standard InChI is InChI=1S/C32H23FN2O2/c1-21-10-11-22-6-3-5-9-28(22)30(21)20-37-31-17-12-23-7-2-4-8-27(23)29(31)18-24(19-34)32(36)35-26-15-13-25(33)14-16-26/h2-18H,20H2,1H3,(H,35,36)/b24-18+. The molecule has 0 saturated heterocycles. The minimum absolute atomic E-state index is 0.0909. The number of carbonyl (C=O) groups is 1. The van der Waals surface area contributed by atoms with Crippen molar-refractivity contribution in [1.29, 1.82) is 5.26 Å². The Hall–Kier alpha value is -4.95. The Morgan fingerprint density at radius 2 is 1.54 bits per heavy atom. The van der Waals surface area contributed by atoms with Gasteiger partial charge in [-0.1, -0.05) is 66.7 Å². The molecular weight excluding hydrogens is 463 g/mol. The lowest BCUT2D eigenvalue weighted by Gasteiger charge is -2.15. The third kappa shape index (κ3) is 5.05. The molecule has 0 unspecified atom stereocenters. The van der Waals surface area contributed by atoms with E-state index in [4.69, 9.17) is 4.74 Å². The first-order valence-corrected chi connectivity index (χ1v) is 11.8. The molecule has 5 heteroatoms. The van der Waals surface area contributed by atoms with Crippen molar-refractivity contribution in [2.75, 3.05) is 5.32 Å². The second kappa shape index (κ2) is 10.3. The SMILES string of the molecule is Cc1ccc2ccccc2c1COc1ccc2ccccc2c1/C=C(\C#N)C(=O)Nc1ccc(F)cc1. The molecule has 37 heavy (non-hydrogen) atoms. The van der Waals surface area contributed by atoms with Gasteiger partial charge in [0.2, 0.25) is 0 Å². The molecule has 0 heterocycles. The van der Waals surface area contributed by atoms with Crippen LogP contribution in [0.1, 0.15) is 16.7 Å². The van der Waals surface area contributed by atoms with Gasteiger partial charge in [0.1, 0.15) is 29.8 Å². The lowest BCUT2D eigenvalue weighted by atomic mass is 9.99. The average Bonchev–Trinajstić information content (AvgIpc) is 2.92. The summed E-state index contributed by atoms with van der Waals surface area (Å²) >= 11 is 0. The summed E-state index contributed by atoms with van der Waals surface area (Å²) < 4.78 is 19.6.